The van der Waals surface area contributed by atoms with Crippen LogP contribution in [-0.4, -0.2) is 28.8 Å². The summed E-state index contributed by atoms with van der Waals surface area (Å²) in [6.07, 6.45) is 8.77. The van der Waals surface area contributed by atoms with E-state index in [0.717, 1.165) is 29.7 Å². The number of nitrogens with one attached hydrogen (secondary N) is 1. The Morgan fingerprint density at radius 3 is 2.34 bits per heavy atom. The second-order valence-electron chi connectivity index (χ2n) is 9.77. The summed E-state index contributed by atoms with van der Waals surface area (Å²) in [5.74, 6) is 0.518. The normalized spacial score (nSPS) is 18.2. The molecule has 0 saturated heterocycles. The Labute approximate surface area is 213 Å². The van der Waals surface area contributed by atoms with Gasteiger partial charge in [0.25, 0.3) is 5.91 Å². The molecule has 2 amide bonds. The number of carbonyl (C=O) groups is 2. The van der Waals surface area contributed by atoms with Gasteiger partial charge >= 0.3 is 0 Å². The van der Waals surface area contributed by atoms with E-state index in [9.17, 15) is 9.59 Å². The quantitative estimate of drug-likeness (QED) is 0.375. The van der Waals surface area contributed by atoms with E-state index < -0.39 is 0 Å². The first-order valence-corrected chi connectivity index (χ1v) is 13.6. The maximum atomic E-state index is 13.4. The van der Waals surface area contributed by atoms with Gasteiger partial charge in [-0.2, -0.15) is 0 Å². The van der Waals surface area contributed by atoms with Gasteiger partial charge in [-0.1, -0.05) is 93.3 Å². The first-order valence-electron chi connectivity index (χ1n) is 12.6. The average molecular weight is 490 g/mol. The Morgan fingerprint density at radius 1 is 1.06 bits per heavy atom. The van der Waals surface area contributed by atoms with Crippen molar-refractivity contribution in [2.45, 2.75) is 71.3 Å². The van der Waals surface area contributed by atoms with E-state index >= 15 is 0 Å². The van der Waals surface area contributed by atoms with Crippen LogP contribution in [0.1, 0.15) is 75.0 Å². The molecule has 1 heterocycles. The molecule has 0 atom stereocenters. The summed E-state index contributed by atoms with van der Waals surface area (Å²) in [6.45, 7) is 6.34. The number of thioether (sulfide) groups is 1. The van der Waals surface area contributed by atoms with E-state index in [-0.39, 0.29) is 23.6 Å². The van der Waals surface area contributed by atoms with Crippen LogP contribution in [0.25, 0.3) is 6.08 Å². The molecule has 2 aromatic carbocycles. The fourth-order valence-electron chi connectivity index (χ4n) is 4.47. The molecule has 1 fully saturated rings. The molecule has 1 saturated carbocycles. The topological polar surface area (TPSA) is 61.8 Å². The van der Waals surface area contributed by atoms with Crippen molar-refractivity contribution in [2.75, 3.05) is 10.7 Å². The van der Waals surface area contributed by atoms with Gasteiger partial charge < -0.3 is 5.32 Å². The average Bonchev–Trinajstić information content (AvgIpc) is 2.99. The number of hydrogen-bond acceptors (Lipinski definition) is 4. The number of amidine groups is 1. The van der Waals surface area contributed by atoms with Gasteiger partial charge in [-0.15, -0.1) is 0 Å². The minimum Gasteiger partial charge on any atom is -0.353 e. The molecule has 1 N–H and O–H groups in total. The van der Waals surface area contributed by atoms with Crippen LogP contribution >= 0.6 is 11.8 Å². The van der Waals surface area contributed by atoms with E-state index in [1.165, 1.54) is 43.0 Å². The van der Waals surface area contributed by atoms with Gasteiger partial charge in [-0.05, 0) is 55.0 Å². The maximum absolute atomic E-state index is 13.4. The lowest BCUT2D eigenvalue weighted by atomic mass is 10.0. The number of carbonyl (C=O) groups excluding carboxylic acids is 2. The highest BCUT2D eigenvalue weighted by Crippen LogP contribution is 2.30. The molecule has 1 aliphatic heterocycles. The van der Waals surface area contributed by atoms with Gasteiger partial charge in [0.2, 0.25) is 5.91 Å². The molecule has 0 aromatic heterocycles. The third kappa shape index (κ3) is 6.63. The van der Waals surface area contributed by atoms with Crippen molar-refractivity contribution in [1.82, 2.24) is 5.32 Å². The Morgan fingerprint density at radius 2 is 1.71 bits per heavy atom. The minimum atomic E-state index is -0.173. The molecule has 0 bridgehead atoms. The SMILES string of the molecule is Cc1ccc(N2C(=O)C(=Cc3ccc(C(C)C)cc3)N=C2SCC(=O)NC2CCCCCC2)cc1. The van der Waals surface area contributed by atoms with Gasteiger partial charge in [-0.25, -0.2) is 4.99 Å². The Kier molecular flexibility index (Phi) is 8.45. The fourth-order valence-corrected chi connectivity index (χ4v) is 5.30. The molecule has 35 heavy (non-hydrogen) atoms. The monoisotopic (exact) mass is 489 g/mol. The molecule has 0 unspecified atom stereocenters. The highest BCUT2D eigenvalue weighted by molar-refractivity contribution is 8.14. The molecule has 1 aliphatic carbocycles. The molecule has 6 heteroatoms. The van der Waals surface area contributed by atoms with Crippen LogP contribution in [0.5, 0.6) is 0 Å². The van der Waals surface area contributed by atoms with E-state index in [1.54, 1.807) is 4.90 Å². The molecule has 0 radical (unpaired) electrons. The van der Waals surface area contributed by atoms with Crippen molar-refractivity contribution in [3.63, 3.8) is 0 Å². The number of hydrogen-bond donors (Lipinski definition) is 1. The number of nitrogens with zero attached hydrogens (tertiary/aromatic N) is 2. The molecule has 5 nitrogen and oxygen atoms in total. The third-order valence-electron chi connectivity index (χ3n) is 6.58. The Bertz CT molecular complexity index is 1100. The highest BCUT2D eigenvalue weighted by Gasteiger charge is 2.32. The molecule has 4 rings (SSSR count). The molecule has 2 aliphatic rings. The van der Waals surface area contributed by atoms with E-state index in [4.69, 9.17) is 0 Å². The summed E-state index contributed by atoms with van der Waals surface area (Å²) in [7, 11) is 0. The van der Waals surface area contributed by atoms with Crippen LogP contribution in [0.15, 0.2) is 59.2 Å². The maximum Gasteiger partial charge on any atom is 0.283 e. The van der Waals surface area contributed by atoms with Crippen molar-refractivity contribution < 1.29 is 9.59 Å². The van der Waals surface area contributed by atoms with Gasteiger partial charge in [0.15, 0.2) is 5.17 Å². The van der Waals surface area contributed by atoms with Gasteiger partial charge in [0.05, 0.1) is 11.4 Å². The molecular weight excluding hydrogens is 454 g/mol. The van der Waals surface area contributed by atoms with Crippen LogP contribution in [-0.2, 0) is 9.59 Å². The van der Waals surface area contributed by atoms with Crippen LogP contribution in [0.3, 0.4) is 0 Å². The van der Waals surface area contributed by atoms with Gasteiger partial charge in [0, 0.05) is 6.04 Å². The number of aliphatic imine (C=N–C) groups is 1. The predicted molar refractivity (Wildman–Crippen MR) is 147 cm³/mol. The van der Waals surface area contributed by atoms with Crippen LogP contribution in [0, 0.1) is 6.92 Å². The summed E-state index contributed by atoms with van der Waals surface area (Å²) in [5.41, 5.74) is 4.45. The van der Waals surface area contributed by atoms with Gasteiger partial charge in [-0.3, -0.25) is 14.5 Å². The number of anilines is 1. The van der Waals surface area contributed by atoms with Crippen LogP contribution in [0.2, 0.25) is 0 Å². The van der Waals surface area contributed by atoms with Crippen molar-refractivity contribution >= 4 is 40.5 Å². The Hall–Kier alpha value is -2.86. The van der Waals surface area contributed by atoms with E-state index in [1.807, 2.05) is 49.4 Å². The van der Waals surface area contributed by atoms with E-state index in [2.05, 4.69) is 36.3 Å². The van der Waals surface area contributed by atoms with Crippen molar-refractivity contribution in [2.24, 2.45) is 4.99 Å². The first-order chi connectivity index (χ1) is 16.9. The zero-order chi connectivity index (χ0) is 24.8. The molecule has 2 aromatic rings. The predicted octanol–water partition coefficient (Wildman–Crippen LogP) is 6.43. The largest absolute Gasteiger partial charge is 0.353 e. The molecule has 0 spiro atoms. The summed E-state index contributed by atoms with van der Waals surface area (Å²) < 4.78 is 0. The number of benzene rings is 2. The lowest BCUT2D eigenvalue weighted by Gasteiger charge is -2.19. The van der Waals surface area contributed by atoms with E-state index in [0.29, 0.717) is 16.8 Å². The number of aryl methyl sites for hydroxylation is 1. The molecular formula is C29H35N3O2S. The Balaban J connectivity index is 1.52. The standard InChI is InChI=1S/C29H35N3O2S/c1-20(2)23-14-12-22(13-15-23)18-26-28(34)32(25-16-10-21(3)11-17-25)29(31-26)35-19-27(33)30-24-8-6-4-5-7-9-24/h10-18,20,24H,4-9,19H2,1-3H3,(H,30,33). The smallest absolute Gasteiger partial charge is 0.283 e. The lowest BCUT2D eigenvalue weighted by Crippen LogP contribution is -2.37. The summed E-state index contributed by atoms with van der Waals surface area (Å²) in [5, 5.41) is 3.73. The second-order valence-corrected chi connectivity index (χ2v) is 10.7. The summed E-state index contributed by atoms with van der Waals surface area (Å²) >= 11 is 1.32. The van der Waals surface area contributed by atoms with Gasteiger partial charge in [0.1, 0.15) is 5.70 Å². The first kappa shape index (κ1) is 25.2. The third-order valence-corrected chi connectivity index (χ3v) is 7.52. The van der Waals surface area contributed by atoms with Crippen LogP contribution in [0.4, 0.5) is 5.69 Å². The van der Waals surface area contributed by atoms with Crippen molar-refractivity contribution in [3.8, 4) is 0 Å². The summed E-state index contributed by atoms with van der Waals surface area (Å²) in [6, 6.07) is 16.3. The fraction of sp³-hybridized carbons (Fsp3) is 0.414. The molecule has 184 valence electrons. The minimum absolute atomic E-state index is 0.00242. The van der Waals surface area contributed by atoms with Crippen molar-refractivity contribution in [3.05, 3.63) is 70.9 Å². The zero-order valence-electron chi connectivity index (χ0n) is 20.9. The summed E-state index contributed by atoms with van der Waals surface area (Å²) in [4.78, 5) is 32.4. The second kappa shape index (κ2) is 11.7. The number of amides is 2. The zero-order valence-corrected chi connectivity index (χ0v) is 21.7. The lowest BCUT2D eigenvalue weighted by molar-refractivity contribution is -0.119. The van der Waals surface area contributed by atoms with Crippen molar-refractivity contribution in [1.29, 1.82) is 0 Å². The number of rotatable bonds is 6. The highest BCUT2D eigenvalue weighted by atomic mass is 32.2. The van der Waals surface area contributed by atoms with Crippen LogP contribution < -0.4 is 10.2 Å².